The third-order valence-electron chi connectivity index (χ3n) is 6.34. The van der Waals surface area contributed by atoms with Crippen LogP contribution in [0.1, 0.15) is 60.3 Å². The lowest BCUT2D eigenvalue weighted by atomic mass is 9.71. The largest absolute Gasteiger partial charge is 0.381 e. The van der Waals surface area contributed by atoms with Crippen molar-refractivity contribution >= 4 is 11.6 Å². The first-order valence-electron chi connectivity index (χ1n) is 10.1. The molecular formula is C21H38ClNO. The predicted molar refractivity (Wildman–Crippen MR) is 104 cm³/mol. The normalized spacial score (nSPS) is 32.5. The molecule has 2 rings (SSSR count). The average molecular weight is 356 g/mol. The number of hydrogen-bond acceptors (Lipinski definition) is 2. The Kier molecular flexibility index (Phi) is 8.10. The quantitative estimate of drug-likeness (QED) is 0.592. The van der Waals surface area contributed by atoms with Crippen molar-refractivity contribution in [1.29, 1.82) is 0 Å². The summed E-state index contributed by atoms with van der Waals surface area (Å²) in [4.78, 5) is 0. The van der Waals surface area contributed by atoms with Crippen LogP contribution in [0.3, 0.4) is 0 Å². The summed E-state index contributed by atoms with van der Waals surface area (Å²) in [7, 11) is 0. The highest BCUT2D eigenvalue weighted by Gasteiger charge is 2.42. The van der Waals surface area contributed by atoms with Crippen LogP contribution in [0.5, 0.6) is 0 Å². The molecule has 1 saturated heterocycles. The zero-order valence-corrected chi connectivity index (χ0v) is 17.1. The fourth-order valence-electron chi connectivity index (χ4n) is 4.76. The topological polar surface area (TPSA) is 21.3 Å². The monoisotopic (exact) mass is 355 g/mol. The minimum absolute atomic E-state index is 0.512. The van der Waals surface area contributed by atoms with Crippen molar-refractivity contribution in [2.45, 2.75) is 66.3 Å². The predicted octanol–water partition coefficient (Wildman–Crippen LogP) is 5.47. The molecule has 0 spiro atoms. The first-order valence-corrected chi connectivity index (χ1v) is 10.5. The van der Waals surface area contributed by atoms with E-state index in [0.29, 0.717) is 23.8 Å². The molecule has 1 heterocycles. The van der Waals surface area contributed by atoms with Gasteiger partial charge in [-0.15, -0.1) is 0 Å². The maximum atomic E-state index is 6.48. The summed E-state index contributed by atoms with van der Waals surface area (Å²) in [6.07, 6.45) is 7.32. The van der Waals surface area contributed by atoms with Crippen molar-refractivity contribution in [3.8, 4) is 0 Å². The van der Waals surface area contributed by atoms with E-state index in [-0.39, 0.29) is 0 Å². The van der Waals surface area contributed by atoms with Crippen LogP contribution in [0, 0.1) is 35.5 Å². The second-order valence-corrected chi connectivity index (χ2v) is 9.01. The highest BCUT2D eigenvalue weighted by atomic mass is 35.5. The third kappa shape index (κ3) is 5.22. The fourth-order valence-corrected chi connectivity index (χ4v) is 5.00. The minimum Gasteiger partial charge on any atom is -0.381 e. The van der Waals surface area contributed by atoms with Crippen LogP contribution in [-0.2, 0) is 4.74 Å². The van der Waals surface area contributed by atoms with Gasteiger partial charge in [0.25, 0.3) is 0 Å². The standard InChI is InChI=1S/C21H38ClNO/c1-6-24-13-15(4)17(8-7-14(2)3)11-18-12-23-20-10-9-19(22)16(5)21(18)20/h9,14-18,20-21,23H,6-8,10-13H2,1-5H3. The number of halogens is 1. The Balaban J connectivity index is 2.00. The van der Waals surface area contributed by atoms with Crippen LogP contribution in [0.15, 0.2) is 11.1 Å². The Morgan fingerprint density at radius 3 is 2.71 bits per heavy atom. The Bertz CT molecular complexity index is 409. The molecule has 6 unspecified atom stereocenters. The summed E-state index contributed by atoms with van der Waals surface area (Å²) in [6.45, 7) is 14.4. The summed E-state index contributed by atoms with van der Waals surface area (Å²) < 4.78 is 5.75. The fraction of sp³-hybridized carbons (Fsp3) is 0.905. The Morgan fingerprint density at radius 1 is 1.29 bits per heavy atom. The van der Waals surface area contributed by atoms with E-state index in [1.54, 1.807) is 0 Å². The molecule has 1 N–H and O–H groups in total. The molecule has 6 atom stereocenters. The zero-order valence-electron chi connectivity index (χ0n) is 16.4. The summed E-state index contributed by atoms with van der Waals surface area (Å²) in [5.74, 6) is 4.18. The van der Waals surface area contributed by atoms with Gasteiger partial charge in [-0.1, -0.05) is 51.8 Å². The number of fused-ring (bicyclic) bond motifs is 1. The maximum Gasteiger partial charge on any atom is 0.0494 e. The second-order valence-electron chi connectivity index (χ2n) is 8.57. The van der Waals surface area contributed by atoms with Crippen molar-refractivity contribution in [1.82, 2.24) is 5.32 Å². The van der Waals surface area contributed by atoms with E-state index < -0.39 is 0 Å². The molecule has 2 nitrogen and oxygen atoms in total. The molecule has 0 bridgehead atoms. The van der Waals surface area contributed by atoms with E-state index in [0.717, 1.165) is 49.0 Å². The SMILES string of the molecule is CCOCC(C)C(CCC(C)C)CC1CNC2CC=C(Cl)C(C)C12. The third-order valence-corrected chi connectivity index (χ3v) is 6.84. The van der Waals surface area contributed by atoms with Crippen LogP contribution in [0.2, 0.25) is 0 Å². The number of rotatable bonds is 9. The van der Waals surface area contributed by atoms with Crippen LogP contribution in [0.25, 0.3) is 0 Å². The highest BCUT2D eigenvalue weighted by Crippen LogP contribution is 2.44. The van der Waals surface area contributed by atoms with E-state index in [9.17, 15) is 0 Å². The average Bonchev–Trinajstić information content (AvgIpc) is 2.96. The maximum absolute atomic E-state index is 6.48. The number of hydrogen-bond donors (Lipinski definition) is 1. The van der Waals surface area contributed by atoms with Gasteiger partial charge in [-0.25, -0.2) is 0 Å². The molecule has 3 heteroatoms. The molecule has 2 aliphatic rings. The van der Waals surface area contributed by atoms with Crippen LogP contribution >= 0.6 is 11.6 Å². The van der Waals surface area contributed by atoms with Crippen LogP contribution in [0.4, 0.5) is 0 Å². The molecule has 0 aromatic rings. The number of ether oxygens (including phenoxy) is 1. The van der Waals surface area contributed by atoms with Gasteiger partial charge in [0.2, 0.25) is 0 Å². The van der Waals surface area contributed by atoms with Gasteiger partial charge in [0.05, 0.1) is 0 Å². The second kappa shape index (κ2) is 9.59. The lowest BCUT2D eigenvalue weighted by molar-refractivity contribution is 0.0783. The molecule has 0 saturated carbocycles. The minimum atomic E-state index is 0.512. The van der Waals surface area contributed by atoms with Crippen molar-refractivity contribution < 1.29 is 4.74 Å². The van der Waals surface area contributed by atoms with Gasteiger partial charge in [0.1, 0.15) is 0 Å². The van der Waals surface area contributed by atoms with Crippen molar-refractivity contribution in [3.05, 3.63) is 11.1 Å². The molecule has 1 fully saturated rings. The van der Waals surface area contributed by atoms with E-state index in [2.05, 4.69) is 46.0 Å². The van der Waals surface area contributed by atoms with Crippen molar-refractivity contribution in [2.75, 3.05) is 19.8 Å². The molecule has 1 aliphatic carbocycles. The summed E-state index contributed by atoms with van der Waals surface area (Å²) in [5.41, 5.74) is 0. The Labute approximate surface area is 154 Å². The van der Waals surface area contributed by atoms with Crippen LogP contribution in [-0.4, -0.2) is 25.8 Å². The van der Waals surface area contributed by atoms with E-state index in [4.69, 9.17) is 16.3 Å². The smallest absolute Gasteiger partial charge is 0.0494 e. The van der Waals surface area contributed by atoms with Gasteiger partial charge in [-0.2, -0.15) is 0 Å². The van der Waals surface area contributed by atoms with Gasteiger partial charge in [-0.3, -0.25) is 0 Å². The first kappa shape index (κ1) is 20.3. The Morgan fingerprint density at radius 2 is 2.04 bits per heavy atom. The number of allylic oxidation sites excluding steroid dienone is 1. The molecule has 0 aromatic carbocycles. The van der Waals surface area contributed by atoms with E-state index in [1.165, 1.54) is 19.3 Å². The van der Waals surface area contributed by atoms with Gasteiger partial charge in [0.15, 0.2) is 0 Å². The Hall–Kier alpha value is -0.0500. The molecule has 0 amide bonds. The molecule has 24 heavy (non-hydrogen) atoms. The van der Waals surface area contributed by atoms with Gasteiger partial charge in [-0.05, 0) is 68.2 Å². The van der Waals surface area contributed by atoms with E-state index in [1.807, 2.05) is 0 Å². The lowest BCUT2D eigenvalue weighted by Gasteiger charge is -2.35. The summed E-state index contributed by atoms with van der Waals surface area (Å²) >= 11 is 6.48. The van der Waals surface area contributed by atoms with Crippen molar-refractivity contribution in [2.24, 2.45) is 35.5 Å². The zero-order chi connectivity index (χ0) is 17.7. The first-order chi connectivity index (χ1) is 11.4. The molecule has 1 aliphatic heterocycles. The van der Waals surface area contributed by atoms with Gasteiger partial charge < -0.3 is 10.1 Å². The lowest BCUT2D eigenvalue weighted by Crippen LogP contribution is -2.35. The summed E-state index contributed by atoms with van der Waals surface area (Å²) in [6, 6.07) is 0.639. The van der Waals surface area contributed by atoms with Crippen molar-refractivity contribution in [3.63, 3.8) is 0 Å². The van der Waals surface area contributed by atoms with Gasteiger partial charge >= 0.3 is 0 Å². The highest BCUT2D eigenvalue weighted by molar-refractivity contribution is 6.29. The van der Waals surface area contributed by atoms with Crippen LogP contribution < -0.4 is 5.32 Å². The molecular weight excluding hydrogens is 318 g/mol. The summed E-state index contributed by atoms with van der Waals surface area (Å²) in [5, 5.41) is 4.87. The molecule has 0 aromatic heterocycles. The number of nitrogens with one attached hydrogen (secondary N) is 1. The van der Waals surface area contributed by atoms with Gasteiger partial charge in [0, 0.05) is 24.3 Å². The van der Waals surface area contributed by atoms with E-state index >= 15 is 0 Å². The molecule has 140 valence electrons. The molecule has 0 radical (unpaired) electrons.